The van der Waals surface area contributed by atoms with Gasteiger partial charge in [0.1, 0.15) is 0 Å². The molecule has 0 aliphatic rings. The molecule has 1 nitrogen and oxygen atoms in total. The largest absolute Gasteiger partial charge is 0.317 e. The van der Waals surface area contributed by atoms with E-state index in [1.165, 1.54) is 12.6 Å². The molecule has 2 unspecified atom stereocenters. The Bertz CT molecular complexity index is 91.3. The van der Waals surface area contributed by atoms with Gasteiger partial charge < -0.3 is 5.32 Å². The lowest BCUT2D eigenvalue weighted by molar-refractivity contribution is 0.260. The maximum absolute atomic E-state index is 3.28. The maximum atomic E-state index is 3.28. The fourth-order valence-corrected chi connectivity index (χ4v) is 1.72. The Hall–Kier alpha value is 0.390. The van der Waals surface area contributed by atoms with Crippen LogP contribution in [0, 0.1) is 5.41 Å². The Balaban J connectivity index is 3.82. The highest BCUT2D eigenvalue weighted by Crippen LogP contribution is 2.25. The van der Waals surface area contributed by atoms with E-state index in [0.29, 0.717) is 11.5 Å². The van der Waals surface area contributed by atoms with Gasteiger partial charge in [-0.2, -0.15) is 0 Å². The zero-order chi connectivity index (χ0) is 8.20. The third kappa shape index (κ3) is 2.98. The molecule has 0 aromatic heterocycles. The van der Waals surface area contributed by atoms with Crippen molar-refractivity contribution < 1.29 is 0 Å². The van der Waals surface area contributed by atoms with Crippen LogP contribution in [0.15, 0.2) is 0 Å². The van der Waals surface area contributed by atoms with Crippen LogP contribution >= 0.6 is 9.24 Å². The van der Waals surface area contributed by atoms with Crippen LogP contribution in [-0.2, 0) is 0 Å². The van der Waals surface area contributed by atoms with Crippen LogP contribution in [0.5, 0.6) is 0 Å². The van der Waals surface area contributed by atoms with E-state index in [1.54, 1.807) is 0 Å². The third-order valence-corrected chi connectivity index (χ3v) is 2.68. The van der Waals surface area contributed by atoms with Crippen molar-refractivity contribution in [2.75, 3.05) is 13.2 Å². The summed E-state index contributed by atoms with van der Waals surface area (Å²) in [7, 11) is 4.80. The molecular formula is C8H20NP. The lowest BCUT2D eigenvalue weighted by Crippen LogP contribution is -2.37. The fraction of sp³-hybridized carbons (Fsp3) is 1.00. The molecule has 0 aromatic carbocycles. The summed E-state index contributed by atoms with van der Waals surface area (Å²) in [5, 5.41) is 3.28. The second-order valence-electron chi connectivity index (χ2n) is 3.54. The Morgan fingerprint density at radius 3 is 2.30 bits per heavy atom. The van der Waals surface area contributed by atoms with Gasteiger partial charge in [-0.15, -0.1) is 9.24 Å². The second-order valence-corrected chi connectivity index (χ2v) is 4.11. The van der Waals surface area contributed by atoms with Crippen molar-refractivity contribution >= 4 is 9.24 Å². The molecule has 0 aliphatic carbocycles. The second kappa shape index (κ2) is 4.31. The first-order chi connectivity index (χ1) is 4.54. The maximum Gasteiger partial charge on any atom is 0.00870 e. The number of hydrogen-bond acceptors (Lipinski definition) is 1. The minimum atomic E-state index is 0.427. The molecule has 0 aliphatic heterocycles. The highest BCUT2D eigenvalue weighted by molar-refractivity contribution is 7.16. The van der Waals surface area contributed by atoms with E-state index in [4.69, 9.17) is 0 Å². The molecule has 2 atom stereocenters. The van der Waals surface area contributed by atoms with Gasteiger partial charge in [0.15, 0.2) is 0 Å². The predicted molar refractivity (Wildman–Crippen MR) is 51.5 cm³/mol. The summed E-state index contributed by atoms with van der Waals surface area (Å²) < 4.78 is 0. The number of nitrogens with one attached hydrogen (secondary N) is 1. The molecule has 0 amide bonds. The smallest absolute Gasteiger partial charge is 0.00870 e. The summed E-state index contributed by atoms with van der Waals surface area (Å²) in [4.78, 5) is 0. The third-order valence-electron chi connectivity index (χ3n) is 2.39. The summed E-state index contributed by atoms with van der Waals surface area (Å²) >= 11 is 0. The topological polar surface area (TPSA) is 12.0 Å². The molecule has 0 heterocycles. The highest BCUT2D eigenvalue weighted by atomic mass is 31.0. The lowest BCUT2D eigenvalue weighted by Gasteiger charge is -2.31. The lowest BCUT2D eigenvalue weighted by atomic mass is 9.83. The van der Waals surface area contributed by atoms with Gasteiger partial charge in [-0.3, -0.25) is 0 Å². The van der Waals surface area contributed by atoms with E-state index in [0.717, 1.165) is 0 Å². The summed E-state index contributed by atoms with van der Waals surface area (Å²) in [6.45, 7) is 6.84. The van der Waals surface area contributed by atoms with E-state index >= 15 is 0 Å². The molecule has 0 rings (SSSR count). The van der Waals surface area contributed by atoms with Gasteiger partial charge in [-0.25, -0.2) is 0 Å². The van der Waals surface area contributed by atoms with Gasteiger partial charge in [0.05, 0.1) is 0 Å². The van der Waals surface area contributed by atoms with E-state index in [1.807, 2.05) is 7.05 Å². The fourth-order valence-electron chi connectivity index (χ4n) is 0.979. The van der Waals surface area contributed by atoms with Crippen LogP contribution in [0.1, 0.15) is 27.2 Å². The van der Waals surface area contributed by atoms with Crippen molar-refractivity contribution in [3.8, 4) is 0 Å². The molecule has 1 N–H and O–H groups in total. The normalized spacial score (nSPS) is 15.3. The monoisotopic (exact) mass is 161 g/mol. The van der Waals surface area contributed by atoms with Crippen LogP contribution in [0.3, 0.4) is 0 Å². The van der Waals surface area contributed by atoms with Crippen molar-refractivity contribution in [2.45, 2.75) is 33.2 Å². The van der Waals surface area contributed by atoms with Gasteiger partial charge in [0, 0.05) is 6.04 Å². The quantitative estimate of drug-likeness (QED) is 0.621. The van der Waals surface area contributed by atoms with Crippen molar-refractivity contribution in [1.29, 1.82) is 0 Å². The first kappa shape index (κ1) is 10.4. The molecule has 10 heavy (non-hydrogen) atoms. The van der Waals surface area contributed by atoms with E-state index in [-0.39, 0.29) is 0 Å². The summed E-state index contributed by atoms with van der Waals surface area (Å²) in [5.41, 5.74) is 0.427. The van der Waals surface area contributed by atoms with Crippen LogP contribution < -0.4 is 5.32 Å². The van der Waals surface area contributed by atoms with E-state index < -0.39 is 0 Å². The molecule has 0 radical (unpaired) electrons. The van der Waals surface area contributed by atoms with Crippen LogP contribution in [0.4, 0.5) is 0 Å². The van der Waals surface area contributed by atoms with Crippen molar-refractivity contribution in [1.82, 2.24) is 5.32 Å². The first-order valence-electron chi connectivity index (χ1n) is 3.92. The molecular weight excluding hydrogens is 141 g/mol. The minimum Gasteiger partial charge on any atom is -0.317 e. The molecule has 0 saturated carbocycles. The summed E-state index contributed by atoms with van der Waals surface area (Å²) in [6, 6.07) is 0.605. The van der Waals surface area contributed by atoms with Crippen LogP contribution in [0.2, 0.25) is 0 Å². The molecule has 0 bridgehead atoms. The number of rotatable bonds is 4. The van der Waals surface area contributed by atoms with Gasteiger partial charge in [-0.05, 0) is 32.0 Å². The van der Waals surface area contributed by atoms with Crippen LogP contribution in [0.25, 0.3) is 0 Å². The number of hydrogen-bond donors (Lipinski definition) is 1. The Labute approximate surface area is 67.2 Å². The molecule has 62 valence electrons. The van der Waals surface area contributed by atoms with Gasteiger partial charge in [0.25, 0.3) is 0 Å². The molecule has 0 spiro atoms. The van der Waals surface area contributed by atoms with E-state index in [9.17, 15) is 0 Å². The molecule has 0 aromatic rings. The average molecular weight is 161 g/mol. The zero-order valence-corrected chi connectivity index (χ0v) is 8.72. The molecule has 2 heteroatoms. The Morgan fingerprint density at radius 2 is 2.00 bits per heavy atom. The summed E-state index contributed by atoms with van der Waals surface area (Å²) in [5.74, 6) is 0. The minimum absolute atomic E-state index is 0.427. The average Bonchev–Trinajstić information content (AvgIpc) is 1.86. The standard InChI is InChI=1S/C8H20NP/c1-7(9-4)8(2,3)5-6-10/h7,9H,5-6,10H2,1-4H3. The van der Waals surface area contributed by atoms with Gasteiger partial charge in [0.2, 0.25) is 0 Å². The van der Waals surface area contributed by atoms with Gasteiger partial charge in [-0.1, -0.05) is 13.8 Å². The summed E-state index contributed by atoms with van der Waals surface area (Å²) in [6.07, 6.45) is 2.46. The van der Waals surface area contributed by atoms with Crippen LogP contribution in [-0.4, -0.2) is 19.3 Å². The van der Waals surface area contributed by atoms with Crippen molar-refractivity contribution in [3.05, 3.63) is 0 Å². The SMILES string of the molecule is CNC(C)C(C)(C)CCP. The predicted octanol–water partition coefficient (Wildman–Crippen LogP) is 1.89. The van der Waals surface area contributed by atoms with Crippen molar-refractivity contribution in [3.63, 3.8) is 0 Å². The molecule has 0 fully saturated rings. The first-order valence-corrected chi connectivity index (χ1v) is 4.73. The zero-order valence-electron chi connectivity index (χ0n) is 7.57. The Kier molecular flexibility index (Phi) is 4.47. The molecule has 0 saturated heterocycles. The van der Waals surface area contributed by atoms with Gasteiger partial charge >= 0.3 is 0 Å². The highest BCUT2D eigenvalue weighted by Gasteiger charge is 2.22. The van der Waals surface area contributed by atoms with E-state index in [2.05, 4.69) is 35.3 Å². The van der Waals surface area contributed by atoms with Crippen molar-refractivity contribution in [2.24, 2.45) is 5.41 Å². The Morgan fingerprint density at radius 1 is 1.50 bits per heavy atom.